The molecule has 0 atom stereocenters. The summed E-state index contributed by atoms with van der Waals surface area (Å²) in [6, 6.07) is 9.22. The van der Waals surface area contributed by atoms with Crippen molar-refractivity contribution in [3.8, 4) is 0 Å². The van der Waals surface area contributed by atoms with Crippen molar-refractivity contribution in [3.63, 3.8) is 0 Å². The second-order valence-electron chi connectivity index (χ2n) is 4.32. The predicted molar refractivity (Wildman–Crippen MR) is 78.2 cm³/mol. The van der Waals surface area contributed by atoms with Crippen molar-refractivity contribution in [3.05, 3.63) is 69.6 Å². The second-order valence-corrected chi connectivity index (χ2v) is 5.14. The Bertz CT molecular complexity index is 826. The van der Waals surface area contributed by atoms with Crippen molar-refractivity contribution >= 4 is 39.9 Å². The van der Waals surface area contributed by atoms with Crippen LogP contribution in [0.2, 0.25) is 10.0 Å². The average Bonchev–Trinajstić information content (AvgIpc) is 2.86. The van der Waals surface area contributed by atoms with Gasteiger partial charge in [-0.25, -0.2) is 4.39 Å². The van der Waals surface area contributed by atoms with Gasteiger partial charge < -0.3 is 4.98 Å². The number of carbonyl (C=O) groups is 1. The lowest BCUT2D eigenvalue weighted by Gasteiger charge is -2.01. The fraction of sp³-hybridized carbons (Fsp3) is 0. The van der Waals surface area contributed by atoms with Gasteiger partial charge in [-0.05, 0) is 24.3 Å². The molecule has 1 heterocycles. The molecule has 2 nitrogen and oxygen atoms in total. The van der Waals surface area contributed by atoms with E-state index in [1.54, 1.807) is 24.4 Å². The van der Waals surface area contributed by atoms with Crippen molar-refractivity contribution in [1.82, 2.24) is 4.98 Å². The third kappa shape index (κ3) is 2.09. The quantitative estimate of drug-likeness (QED) is 0.675. The van der Waals surface area contributed by atoms with Crippen LogP contribution in [0.3, 0.4) is 0 Å². The first-order valence-corrected chi connectivity index (χ1v) is 6.59. The van der Waals surface area contributed by atoms with Crippen LogP contribution in [-0.2, 0) is 0 Å². The summed E-state index contributed by atoms with van der Waals surface area (Å²) in [4.78, 5) is 15.4. The molecule has 20 heavy (non-hydrogen) atoms. The minimum Gasteiger partial charge on any atom is -0.359 e. The monoisotopic (exact) mass is 307 g/mol. The van der Waals surface area contributed by atoms with Gasteiger partial charge in [-0.15, -0.1) is 0 Å². The molecule has 0 radical (unpaired) electrons. The molecule has 0 saturated carbocycles. The normalized spacial score (nSPS) is 10.9. The zero-order valence-corrected chi connectivity index (χ0v) is 11.6. The number of aromatic nitrogens is 1. The zero-order chi connectivity index (χ0) is 14.3. The summed E-state index contributed by atoms with van der Waals surface area (Å²) in [6.07, 6.45) is 1.59. The molecule has 0 aliphatic rings. The molecule has 2 aromatic carbocycles. The molecule has 1 N–H and O–H groups in total. The number of nitrogens with one attached hydrogen (secondary N) is 1. The molecule has 3 aromatic rings. The van der Waals surface area contributed by atoms with Gasteiger partial charge in [0.15, 0.2) is 5.78 Å². The molecule has 1 aromatic heterocycles. The van der Waals surface area contributed by atoms with Crippen molar-refractivity contribution in [2.24, 2.45) is 0 Å². The topological polar surface area (TPSA) is 32.9 Å². The Morgan fingerprint density at radius 1 is 1.10 bits per heavy atom. The third-order valence-corrected chi connectivity index (χ3v) is 3.70. The van der Waals surface area contributed by atoms with Gasteiger partial charge in [-0.2, -0.15) is 0 Å². The van der Waals surface area contributed by atoms with E-state index < -0.39 is 5.82 Å². The van der Waals surface area contributed by atoms with Gasteiger partial charge in [0.05, 0.1) is 15.6 Å². The minimum absolute atomic E-state index is 0.0753. The highest BCUT2D eigenvalue weighted by molar-refractivity contribution is 6.36. The maximum atomic E-state index is 13.1. The number of carbonyl (C=O) groups excluding carboxylic acids is 1. The Morgan fingerprint density at radius 3 is 2.65 bits per heavy atom. The maximum absolute atomic E-state index is 13.1. The molecule has 0 amide bonds. The highest BCUT2D eigenvalue weighted by Gasteiger charge is 2.16. The molecule has 0 unspecified atom stereocenters. The van der Waals surface area contributed by atoms with Crippen LogP contribution in [0.5, 0.6) is 0 Å². The number of halogens is 3. The summed E-state index contributed by atoms with van der Waals surface area (Å²) >= 11 is 11.8. The van der Waals surface area contributed by atoms with Crippen molar-refractivity contribution in [2.75, 3.05) is 0 Å². The molecule has 100 valence electrons. The zero-order valence-electron chi connectivity index (χ0n) is 10.1. The number of fused-ring (bicyclic) bond motifs is 1. The highest BCUT2D eigenvalue weighted by Crippen LogP contribution is 2.27. The number of aromatic amines is 1. The standard InChI is InChI=1S/C15H8Cl2FNO/c16-11-3-1-2-9-10(7-19-14(9)11)15(20)8-4-5-13(18)12(17)6-8/h1-7,19H. The van der Waals surface area contributed by atoms with Crippen LogP contribution in [-0.4, -0.2) is 10.8 Å². The van der Waals surface area contributed by atoms with Crippen molar-refractivity contribution in [1.29, 1.82) is 0 Å². The summed E-state index contributed by atoms with van der Waals surface area (Å²) in [7, 11) is 0. The van der Waals surface area contributed by atoms with E-state index in [1.807, 2.05) is 0 Å². The number of hydrogen-bond donors (Lipinski definition) is 1. The van der Waals surface area contributed by atoms with Crippen molar-refractivity contribution in [2.45, 2.75) is 0 Å². The molecule has 0 saturated heterocycles. The van der Waals surface area contributed by atoms with Gasteiger partial charge in [0.1, 0.15) is 5.82 Å². The molecular weight excluding hydrogens is 300 g/mol. The van der Waals surface area contributed by atoms with Gasteiger partial charge in [-0.3, -0.25) is 4.79 Å². The number of ketones is 1. The summed E-state index contributed by atoms with van der Waals surface area (Å²) < 4.78 is 13.1. The highest BCUT2D eigenvalue weighted by atomic mass is 35.5. The first-order chi connectivity index (χ1) is 9.58. The van der Waals surface area contributed by atoms with E-state index in [0.29, 0.717) is 21.7 Å². The van der Waals surface area contributed by atoms with Crippen LogP contribution in [0, 0.1) is 5.82 Å². The van der Waals surface area contributed by atoms with Gasteiger partial charge in [0.2, 0.25) is 0 Å². The molecule has 0 spiro atoms. The predicted octanol–water partition coefficient (Wildman–Crippen LogP) is 4.84. The summed E-state index contributed by atoms with van der Waals surface area (Å²) in [6.45, 7) is 0. The Kier molecular flexibility index (Phi) is 3.24. The van der Waals surface area contributed by atoms with E-state index in [9.17, 15) is 9.18 Å². The lowest BCUT2D eigenvalue weighted by molar-refractivity contribution is 0.104. The van der Waals surface area contributed by atoms with Crippen LogP contribution in [0.25, 0.3) is 10.9 Å². The molecule has 5 heteroatoms. The first-order valence-electron chi connectivity index (χ1n) is 5.83. The Morgan fingerprint density at radius 2 is 1.90 bits per heavy atom. The van der Waals surface area contributed by atoms with Crippen LogP contribution >= 0.6 is 23.2 Å². The molecule has 0 aliphatic heterocycles. The molecule has 0 bridgehead atoms. The third-order valence-electron chi connectivity index (χ3n) is 3.09. The van der Waals surface area contributed by atoms with E-state index in [0.717, 1.165) is 5.39 Å². The number of benzene rings is 2. The van der Waals surface area contributed by atoms with Crippen LogP contribution in [0.1, 0.15) is 15.9 Å². The van der Waals surface area contributed by atoms with E-state index in [4.69, 9.17) is 23.2 Å². The second kappa shape index (κ2) is 4.93. The smallest absolute Gasteiger partial charge is 0.195 e. The fourth-order valence-electron chi connectivity index (χ4n) is 2.10. The number of H-pyrrole nitrogens is 1. The summed E-state index contributed by atoms with van der Waals surface area (Å²) in [5, 5.41) is 1.19. The molecule has 0 fully saturated rings. The molecular formula is C15H8Cl2FNO. The Labute approximate surface area is 124 Å². The van der Waals surface area contributed by atoms with Crippen LogP contribution < -0.4 is 0 Å². The lowest BCUT2D eigenvalue weighted by atomic mass is 10.0. The summed E-state index contributed by atoms with van der Waals surface area (Å²) in [5.74, 6) is -0.786. The van der Waals surface area contributed by atoms with Gasteiger partial charge in [0.25, 0.3) is 0 Å². The molecule has 3 rings (SSSR count). The van der Waals surface area contributed by atoms with Gasteiger partial charge >= 0.3 is 0 Å². The molecule has 0 aliphatic carbocycles. The number of rotatable bonds is 2. The van der Waals surface area contributed by atoms with E-state index in [2.05, 4.69) is 4.98 Å². The van der Waals surface area contributed by atoms with E-state index in [-0.39, 0.29) is 10.8 Å². The van der Waals surface area contributed by atoms with Crippen LogP contribution in [0.4, 0.5) is 4.39 Å². The Balaban J connectivity index is 2.13. The fourth-order valence-corrected chi connectivity index (χ4v) is 2.51. The van der Waals surface area contributed by atoms with Gasteiger partial charge in [-0.1, -0.05) is 35.3 Å². The van der Waals surface area contributed by atoms with E-state index in [1.165, 1.54) is 18.2 Å². The maximum Gasteiger partial charge on any atom is 0.195 e. The number of hydrogen-bond acceptors (Lipinski definition) is 1. The largest absolute Gasteiger partial charge is 0.359 e. The first kappa shape index (κ1) is 13.2. The minimum atomic E-state index is -0.551. The van der Waals surface area contributed by atoms with Crippen LogP contribution in [0.15, 0.2) is 42.6 Å². The summed E-state index contributed by atoms with van der Waals surface area (Å²) in [5.41, 5.74) is 1.51. The van der Waals surface area contributed by atoms with Gasteiger partial charge in [0, 0.05) is 22.7 Å². The van der Waals surface area contributed by atoms with Crippen molar-refractivity contribution < 1.29 is 9.18 Å². The van der Waals surface area contributed by atoms with E-state index >= 15 is 0 Å². The number of para-hydroxylation sites is 1. The Hall–Kier alpha value is -1.84. The average molecular weight is 308 g/mol. The SMILES string of the molecule is O=C(c1ccc(F)c(Cl)c1)c1c[nH]c2c(Cl)cccc12. The lowest BCUT2D eigenvalue weighted by Crippen LogP contribution is -2.00.